The highest BCUT2D eigenvalue weighted by Gasteiger charge is 2.19. The number of nitro benzene ring substituents is 1. The average molecular weight is 260 g/mol. The molecule has 0 spiro atoms. The molecule has 0 unspecified atom stereocenters. The van der Waals surface area contributed by atoms with E-state index in [1.807, 2.05) is 0 Å². The summed E-state index contributed by atoms with van der Waals surface area (Å²) in [5, 5.41) is 11.0. The van der Waals surface area contributed by atoms with E-state index < -0.39 is 4.92 Å². The van der Waals surface area contributed by atoms with Gasteiger partial charge < -0.3 is 15.2 Å². The zero-order chi connectivity index (χ0) is 13.8. The van der Waals surface area contributed by atoms with Crippen molar-refractivity contribution in [1.82, 2.24) is 0 Å². The van der Waals surface area contributed by atoms with Crippen LogP contribution in [0.15, 0.2) is 42.5 Å². The number of anilines is 1. The van der Waals surface area contributed by atoms with Gasteiger partial charge in [-0.05, 0) is 24.3 Å². The molecule has 0 atom stereocenters. The average Bonchev–Trinajstić information content (AvgIpc) is 2.38. The van der Waals surface area contributed by atoms with Crippen molar-refractivity contribution in [2.75, 3.05) is 12.8 Å². The van der Waals surface area contributed by atoms with Crippen molar-refractivity contribution in [2.24, 2.45) is 0 Å². The van der Waals surface area contributed by atoms with E-state index in [9.17, 15) is 10.1 Å². The van der Waals surface area contributed by atoms with E-state index in [4.69, 9.17) is 15.2 Å². The van der Waals surface area contributed by atoms with Gasteiger partial charge >= 0.3 is 5.69 Å². The highest BCUT2D eigenvalue weighted by molar-refractivity contribution is 5.66. The van der Waals surface area contributed by atoms with Gasteiger partial charge in [-0.15, -0.1) is 0 Å². The minimum Gasteiger partial charge on any atom is -0.497 e. The number of nitrogen functional groups attached to an aromatic ring is 1. The Balaban J connectivity index is 2.38. The molecule has 19 heavy (non-hydrogen) atoms. The third-order valence-corrected chi connectivity index (χ3v) is 2.48. The van der Waals surface area contributed by atoms with E-state index in [1.165, 1.54) is 19.2 Å². The number of rotatable bonds is 4. The standard InChI is InChI=1S/C13H12N2O4/c1-18-9-4-2-5-10(8-9)19-12-7-3-6-11(14)13(12)15(16)17/h2-8H,14H2,1H3. The number of nitro groups is 1. The van der Waals surface area contributed by atoms with Gasteiger partial charge in [0.1, 0.15) is 17.2 Å². The Bertz CT molecular complexity index is 613. The lowest BCUT2D eigenvalue weighted by Crippen LogP contribution is -1.98. The second-order valence-corrected chi connectivity index (χ2v) is 3.73. The van der Waals surface area contributed by atoms with Crippen LogP contribution >= 0.6 is 0 Å². The summed E-state index contributed by atoms with van der Waals surface area (Å²) in [6.45, 7) is 0. The molecule has 0 fully saturated rings. The summed E-state index contributed by atoms with van der Waals surface area (Å²) >= 11 is 0. The third kappa shape index (κ3) is 2.74. The fraction of sp³-hybridized carbons (Fsp3) is 0.0769. The molecular weight excluding hydrogens is 248 g/mol. The van der Waals surface area contributed by atoms with E-state index >= 15 is 0 Å². The summed E-state index contributed by atoms with van der Waals surface area (Å²) in [4.78, 5) is 10.4. The first-order valence-corrected chi connectivity index (χ1v) is 5.46. The van der Waals surface area contributed by atoms with E-state index in [0.717, 1.165) is 0 Å². The van der Waals surface area contributed by atoms with Gasteiger partial charge in [0.15, 0.2) is 0 Å². The highest BCUT2D eigenvalue weighted by Crippen LogP contribution is 2.36. The summed E-state index contributed by atoms with van der Waals surface area (Å²) in [7, 11) is 1.53. The number of hydrogen-bond donors (Lipinski definition) is 1. The first-order chi connectivity index (χ1) is 9.11. The maximum absolute atomic E-state index is 11.0. The lowest BCUT2D eigenvalue weighted by atomic mass is 10.2. The van der Waals surface area contributed by atoms with Gasteiger partial charge in [0, 0.05) is 6.07 Å². The second-order valence-electron chi connectivity index (χ2n) is 3.73. The fourth-order valence-corrected chi connectivity index (χ4v) is 1.61. The molecule has 0 bridgehead atoms. The van der Waals surface area contributed by atoms with Gasteiger partial charge in [-0.3, -0.25) is 10.1 Å². The van der Waals surface area contributed by atoms with Crippen LogP contribution in [-0.4, -0.2) is 12.0 Å². The second kappa shape index (κ2) is 5.26. The van der Waals surface area contributed by atoms with Crippen molar-refractivity contribution in [3.05, 3.63) is 52.6 Å². The molecule has 0 aromatic heterocycles. The van der Waals surface area contributed by atoms with Crippen LogP contribution < -0.4 is 15.2 Å². The minimum absolute atomic E-state index is 0.0606. The molecule has 0 saturated carbocycles. The van der Waals surface area contributed by atoms with Gasteiger partial charge in [-0.2, -0.15) is 0 Å². The molecule has 0 aliphatic carbocycles. The first-order valence-electron chi connectivity index (χ1n) is 5.46. The van der Waals surface area contributed by atoms with Gasteiger partial charge in [0.25, 0.3) is 0 Å². The summed E-state index contributed by atoms with van der Waals surface area (Å²) in [5.74, 6) is 1.13. The van der Waals surface area contributed by atoms with Gasteiger partial charge in [-0.1, -0.05) is 12.1 Å². The molecular formula is C13H12N2O4. The lowest BCUT2D eigenvalue weighted by Gasteiger charge is -2.08. The van der Waals surface area contributed by atoms with E-state index in [-0.39, 0.29) is 17.1 Å². The van der Waals surface area contributed by atoms with Crippen LogP contribution in [-0.2, 0) is 0 Å². The van der Waals surface area contributed by atoms with Crippen LogP contribution in [0, 0.1) is 10.1 Å². The Morgan fingerprint density at radius 1 is 1.16 bits per heavy atom. The van der Waals surface area contributed by atoms with Crippen molar-refractivity contribution in [1.29, 1.82) is 0 Å². The predicted molar refractivity (Wildman–Crippen MR) is 70.6 cm³/mol. The summed E-state index contributed by atoms with van der Waals surface area (Å²) in [6, 6.07) is 11.3. The molecule has 0 saturated heterocycles. The Morgan fingerprint density at radius 2 is 1.84 bits per heavy atom. The van der Waals surface area contributed by atoms with Crippen LogP contribution in [0.25, 0.3) is 0 Å². The van der Waals surface area contributed by atoms with Crippen molar-refractivity contribution in [3.8, 4) is 17.2 Å². The topological polar surface area (TPSA) is 87.6 Å². The first kappa shape index (κ1) is 12.7. The number of methoxy groups -OCH3 is 1. The molecule has 6 heteroatoms. The molecule has 0 heterocycles. The quantitative estimate of drug-likeness (QED) is 0.518. The van der Waals surface area contributed by atoms with Crippen LogP contribution in [0.1, 0.15) is 0 Å². The summed E-state index contributed by atoms with van der Waals surface area (Å²) in [5.41, 5.74) is 5.40. The monoisotopic (exact) mass is 260 g/mol. The van der Waals surface area contributed by atoms with Gasteiger partial charge in [-0.25, -0.2) is 0 Å². The maximum Gasteiger partial charge on any atom is 0.334 e. The van der Waals surface area contributed by atoms with Crippen molar-refractivity contribution in [3.63, 3.8) is 0 Å². The zero-order valence-electron chi connectivity index (χ0n) is 10.2. The van der Waals surface area contributed by atoms with E-state index in [0.29, 0.717) is 11.5 Å². The Labute approximate surface area is 109 Å². The molecule has 6 nitrogen and oxygen atoms in total. The SMILES string of the molecule is COc1cccc(Oc2cccc(N)c2[N+](=O)[O-])c1. The molecule has 98 valence electrons. The Morgan fingerprint density at radius 3 is 2.53 bits per heavy atom. The Kier molecular flexibility index (Phi) is 3.51. The molecule has 2 aromatic rings. The van der Waals surface area contributed by atoms with Crippen molar-refractivity contribution >= 4 is 11.4 Å². The van der Waals surface area contributed by atoms with Crippen molar-refractivity contribution in [2.45, 2.75) is 0 Å². The van der Waals surface area contributed by atoms with Crippen molar-refractivity contribution < 1.29 is 14.4 Å². The van der Waals surface area contributed by atoms with Crippen LogP contribution in [0.2, 0.25) is 0 Å². The lowest BCUT2D eigenvalue weighted by molar-refractivity contribution is -0.384. The molecule has 0 radical (unpaired) electrons. The number of para-hydroxylation sites is 1. The number of ether oxygens (including phenoxy) is 2. The van der Waals surface area contributed by atoms with E-state index in [2.05, 4.69) is 0 Å². The van der Waals surface area contributed by atoms with Gasteiger partial charge in [0.05, 0.1) is 12.0 Å². The molecule has 2 aromatic carbocycles. The number of nitrogens with two attached hydrogens (primary N) is 1. The smallest absolute Gasteiger partial charge is 0.334 e. The molecule has 0 aliphatic rings. The molecule has 0 amide bonds. The number of benzene rings is 2. The highest BCUT2D eigenvalue weighted by atomic mass is 16.6. The largest absolute Gasteiger partial charge is 0.497 e. The summed E-state index contributed by atoms with van der Waals surface area (Å²) in [6.07, 6.45) is 0. The maximum atomic E-state index is 11.0. The number of hydrogen-bond acceptors (Lipinski definition) is 5. The minimum atomic E-state index is -0.565. The molecule has 2 N–H and O–H groups in total. The van der Waals surface area contributed by atoms with Crippen LogP contribution in [0.4, 0.5) is 11.4 Å². The van der Waals surface area contributed by atoms with Crippen LogP contribution in [0.3, 0.4) is 0 Å². The molecule has 0 aliphatic heterocycles. The van der Waals surface area contributed by atoms with Gasteiger partial charge in [0.2, 0.25) is 5.75 Å². The predicted octanol–water partition coefficient (Wildman–Crippen LogP) is 2.98. The van der Waals surface area contributed by atoms with Crippen LogP contribution in [0.5, 0.6) is 17.2 Å². The Hall–Kier alpha value is -2.76. The summed E-state index contributed by atoms with van der Waals surface area (Å²) < 4.78 is 10.5. The molecule has 2 rings (SSSR count). The normalized spacial score (nSPS) is 9.95. The zero-order valence-corrected chi connectivity index (χ0v) is 10.2. The number of nitrogens with zero attached hydrogens (tertiary/aromatic N) is 1. The fourth-order valence-electron chi connectivity index (χ4n) is 1.61. The van der Waals surface area contributed by atoms with E-state index in [1.54, 1.807) is 30.3 Å². The third-order valence-electron chi connectivity index (χ3n) is 2.48.